The number of aliphatic carboxylic acids is 1. The van der Waals surface area contributed by atoms with E-state index in [9.17, 15) is 9.59 Å². The lowest BCUT2D eigenvalue weighted by molar-refractivity contribution is -0.145. The van der Waals surface area contributed by atoms with E-state index in [0.29, 0.717) is 15.6 Å². The van der Waals surface area contributed by atoms with E-state index >= 15 is 0 Å². The quantitative estimate of drug-likeness (QED) is 0.840. The molecule has 0 aliphatic carbocycles. The normalized spacial score (nSPS) is 11.6. The molecule has 1 amide bonds. The van der Waals surface area contributed by atoms with E-state index in [2.05, 4.69) is 5.32 Å². The summed E-state index contributed by atoms with van der Waals surface area (Å²) in [4.78, 5) is 22.4. The van der Waals surface area contributed by atoms with Crippen molar-refractivity contribution in [2.24, 2.45) is 0 Å². The van der Waals surface area contributed by atoms with Crippen LogP contribution in [-0.4, -0.2) is 22.5 Å². The molecule has 0 fully saturated rings. The standard InChI is InChI=1S/C13H13Cl2NO3/c1-13(2,12(18)19)16-11(17)6-4-8-3-5-9(14)7-10(8)15/h3-7H,1-2H3,(H,16,17)(H,18,19)/b6-4+. The van der Waals surface area contributed by atoms with Gasteiger partial charge in [0.2, 0.25) is 5.91 Å². The highest BCUT2D eigenvalue weighted by atomic mass is 35.5. The third-order valence-electron chi connectivity index (χ3n) is 2.35. The molecule has 0 radical (unpaired) electrons. The molecule has 0 aromatic heterocycles. The Kier molecular flexibility index (Phi) is 4.97. The van der Waals surface area contributed by atoms with Crippen molar-refractivity contribution in [2.45, 2.75) is 19.4 Å². The molecule has 0 saturated carbocycles. The van der Waals surface area contributed by atoms with Gasteiger partial charge in [0.15, 0.2) is 0 Å². The van der Waals surface area contributed by atoms with Gasteiger partial charge in [0.1, 0.15) is 5.54 Å². The van der Waals surface area contributed by atoms with E-state index in [0.717, 1.165) is 0 Å². The molecule has 6 heteroatoms. The summed E-state index contributed by atoms with van der Waals surface area (Å²) < 4.78 is 0. The highest BCUT2D eigenvalue weighted by Gasteiger charge is 2.27. The monoisotopic (exact) mass is 301 g/mol. The Balaban J connectivity index is 2.77. The molecular formula is C13H13Cl2NO3. The molecule has 1 aromatic rings. The van der Waals surface area contributed by atoms with E-state index in [1.54, 1.807) is 18.2 Å². The van der Waals surface area contributed by atoms with Crippen LogP contribution in [0.25, 0.3) is 6.08 Å². The van der Waals surface area contributed by atoms with Gasteiger partial charge in [0.25, 0.3) is 0 Å². The van der Waals surface area contributed by atoms with Crippen LogP contribution in [0.15, 0.2) is 24.3 Å². The predicted octanol–water partition coefficient (Wildman–Crippen LogP) is 2.99. The number of halogens is 2. The van der Waals surface area contributed by atoms with Gasteiger partial charge in [-0.05, 0) is 37.6 Å². The maximum atomic E-state index is 11.6. The lowest BCUT2D eigenvalue weighted by Crippen LogP contribution is -2.49. The van der Waals surface area contributed by atoms with Crippen LogP contribution in [0.3, 0.4) is 0 Å². The molecule has 0 unspecified atom stereocenters. The highest BCUT2D eigenvalue weighted by Crippen LogP contribution is 2.21. The zero-order valence-electron chi connectivity index (χ0n) is 10.4. The number of carboxylic acids is 1. The Labute approximate surface area is 121 Å². The Morgan fingerprint density at radius 2 is 1.95 bits per heavy atom. The highest BCUT2D eigenvalue weighted by molar-refractivity contribution is 6.35. The van der Waals surface area contributed by atoms with E-state index in [1.807, 2.05) is 0 Å². The van der Waals surface area contributed by atoms with Gasteiger partial charge in [-0.15, -0.1) is 0 Å². The van der Waals surface area contributed by atoms with E-state index < -0.39 is 17.4 Å². The van der Waals surface area contributed by atoms with Crippen molar-refractivity contribution >= 4 is 41.2 Å². The third-order valence-corrected chi connectivity index (χ3v) is 2.91. The number of benzene rings is 1. The molecule has 0 atom stereocenters. The second kappa shape index (κ2) is 6.08. The predicted molar refractivity (Wildman–Crippen MR) is 75.4 cm³/mol. The lowest BCUT2D eigenvalue weighted by atomic mass is 10.1. The molecule has 1 aromatic carbocycles. The smallest absolute Gasteiger partial charge is 0.328 e. The summed E-state index contributed by atoms with van der Waals surface area (Å²) in [5.74, 6) is -1.63. The van der Waals surface area contributed by atoms with Crippen LogP contribution in [0.1, 0.15) is 19.4 Å². The van der Waals surface area contributed by atoms with Gasteiger partial charge in [0.05, 0.1) is 0 Å². The average Bonchev–Trinajstić information content (AvgIpc) is 2.27. The molecule has 0 aliphatic rings. The van der Waals surface area contributed by atoms with Crippen LogP contribution >= 0.6 is 23.2 Å². The number of hydrogen-bond donors (Lipinski definition) is 2. The fraction of sp³-hybridized carbons (Fsp3) is 0.231. The number of carbonyl (C=O) groups is 2. The zero-order chi connectivity index (χ0) is 14.6. The molecule has 0 bridgehead atoms. The Morgan fingerprint density at radius 1 is 1.32 bits per heavy atom. The fourth-order valence-corrected chi connectivity index (χ4v) is 1.68. The van der Waals surface area contributed by atoms with Crippen molar-refractivity contribution in [3.63, 3.8) is 0 Å². The average molecular weight is 302 g/mol. The number of amides is 1. The van der Waals surface area contributed by atoms with Gasteiger partial charge >= 0.3 is 5.97 Å². The van der Waals surface area contributed by atoms with Crippen LogP contribution in [0.2, 0.25) is 10.0 Å². The number of hydrogen-bond acceptors (Lipinski definition) is 2. The summed E-state index contributed by atoms with van der Waals surface area (Å²) in [7, 11) is 0. The van der Waals surface area contributed by atoms with Crippen molar-refractivity contribution in [2.75, 3.05) is 0 Å². The first-order valence-electron chi connectivity index (χ1n) is 5.41. The van der Waals surface area contributed by atoms with Gasteiger partial charge in [-0.25, -0.2) is 4.79 Å². The molecular weight excluding hydrogens is 289 g/mol. The van der Waals surface area contributed by atoms with Gasteiger partial charge in [0, 0.05) is 16.1 Å². The first-order valence-corrected chi connectivity index (χ1v) is 6.16. The second-order valence-electron chi connectivity index (χ2n) is 4.42. The molecule has 0 spiro atoms. The van der Waals surface area contributed by atoms with Crippen molar-refractivity contribution in [1.82, 2.24) is 5.32 Å². The van der Waals surface area contributed by atoms with E-state index in [4.69, 9.17) is 28.3 Å². The van der Waals surface area contributed by atoms with Crippen molar-refractivity contribution < 1.29 is 14.7 Å². The molecule has 4 nitrogen and oxygen atoms in total. The largest absolute Gasteiger partial charge is 0.480 e. The molecule has 0 aliphatic heterocycles. The van der Waals surface area contributed by atoms with Crippen LogP contribution in [0, 0.1) is 0 Å². The van der Waals surface area contributed by atoms with Gasteiger partial charge < -0.3 is 10.4 Å². The summed E-state index contributed by atoms with van der Waals surface area (Å²) in [5, 5.41) is 12.1. The third kappa shape index (κ3) is 4.58. The second-order valence-corrected chi connectivity index (χ2v) is 5.26. The zero-order valence-corrected chi connectivity index (χ0v) is 11.9. The maximum absolute atomic E-state index is 11.6. The van der Waals surface area contributed by atoms with Crippen LogP contribution in [0.4, 0.5) is 0 Å². The van der Waals surface area contributed by atoms with Crippen molar-refractivity contribution in [3.8, 4) is 0 Å². The van der Waals surface area contributed by atoms with Crippen LogP contribution in [-0.2, 0) is 9.59 Å². The first-order chi connectivity index (χ1) is 8.72. The van der Waals surface area contributed by atoms with E-state index in [-0.39, 0.29) is 0 Å². The molecule has 0 heterocycles. The molecule has 2 N–H and O–H groups in total. The Hall–Kier alpha value is -1.52. The van der Waals surface area contributed by atoms with Crippen molar-refractivity contribution in [1.29, 1.82) is 0 Å². The Morgan fingerprint density at radius 3 is 2.47 bits per heavy atom. The summed E-state index contributed by atoms with van der Waals surface area (Å²) >= 11 is 11.7. The van der Waals surface area contributed by atoms with Crippen LogP contribution < -0.4 is 5.32 Å². The summed E-state index contributed by atoms with van der Waals surface area (Å²) in [5.41, 5.74) is -0.708. The first kappa shape index (κ1) is 15.5. The topological polar surface area (TPSA) is 66.4 Å². The number of carboxylic acid groups (broad SMARTS) is 1. The molecule has 102 valence electrons. The maximum Gasteiger partial charge on any atom is 0.328 e. The van der Waals surface area contributed by atoms with E-state index in [1.165, 1.54) is 26.0 Å². The molecule has 1 rings (SSSR count). The van der Waals surface area contributed by atoms with Gasteiger partial charge in [-0.3, -0.25) is 4.79 Å². The summed E-state index contributed by atoms with van der Waals surface area (Å²) in [6.07, 6.45) is 2.71. The minimum Gasteiger partial charge on any atom is -0.480 e. The lowest BCUT2D eigenvalue weighted by Gasteiger charge is -2.19. The number of carbonyl (C=O) groups excluding carboxylic acids is 1. The van der Waals surface area contributed by atoms with Gasteiger partial charge in [-0.1, -0.05) is 29.3 Å². The Bertz CT molecular complexity index is 539. The molecule has 0 saturated heterocycles. The fourth-order valence-electron chi connectivity index (χ4n) is 1.21. The number of rotatable bonds is 4. The number of nitrogens with one attached hydrogen (secondary N) is 1. The van der Waals surface area contributed by atoms with Crippen molar-refractivity contribution in [3.05, 3.63) is 39.9 Å². The van der Waals surface area contributed by atoms with Crippen LogP contribution in [0.5, 0.6) is 0 Å². The minimum atomic E-state index is -1.33. The SMILES string of the molecule is CC(C)(NC(=O)/C=C/c1ccc(Cl)cc1Cl)C(=O)O. The summed E-state index contributed by atoms with van der Waals surface area (Å²) in [6.45, 7) is 2.80. The molecule has 19 heavy (non-hydrogen) atoms. The summed E-state index contributed by atoms with van der Waals surface area (Å²) in [6, 6.07) is 4.87. The minimum absolute atomic E-state index is 0.411. The van der Waals surface area contributed by atoms with Gasteiger partial charge in [-0.2, -0.15) is 0 Å².